The number of rotatable bonds is 3. The first-order valence-corrected chi connectivity index (χ1v) is 6.04. The molecule has 2 rings (SSSR count). The average molecular weight is 226 g/mol. The average Bonchev–Trinajstić information content (AvgIpc) is 2.84. The van der Waals surface area contributed by atoms with E-state index in [0.29, 0.717) is 18.2 Å². The summed E-state index contributed by atoms with van der Waals surface area (Å²) in [6, 6.07) is 0. The second kappa shape index (κ2) is 4.72. The number of aromatic nitrogens is 1. The molecule has 1 amide bonds. The van der Waals surface area contributed by atoms with Gasteiger partial charge in [0.15, 0.2) is 0 Å². The minimum atomic E-state index is -0.175. The van der Waals surface area contributed by atoms with Crippen LogP contribution in [0.25, 0.3) is 0 Å². The summed E-state index contributed by atoms with van der Waals surface area (Å²) in [6.07, 6.45) is 2.48. The van der Waals surface area contributed by atoms with E-state index < -0.39 is 0 Å². The Hall–Kier alpha value is -0.940. The predicted octanol–water partition coefficient (Wildman–Crippen LogP) is 1.03. The lowest BCUT2D eigenvalue weighted by molar-refractivity contribution is 0.0941. The van der Waals surface area contributed by atoms with Gasteiger partial charge in [-0.2, -0.15) is 0 Å². The van der Waals surface area contributed by atoms with Gasteiger partial charge < -0.3 is 10.4 Å². The first kappa shape index (κ1) is 10.6. The van der Waals surface area contributed by atoms with E-state index in [1.807, 2.05) is 0 Å². The van der Waals surface area contributed by atoms with Crippen LogP contribution in [0.5, 0.6) is 0 Å². The third-order valence-corrected chi connectivity index (χ3v) is 3.32. The molecule has 2 unspecified atom stereocenters. The van der Waals surface area contributed by atoms with Gasteiger partial charge in [0.05, 0.1) is 11.6 Å². The number of nitrogens with one attached hydrogen (secondary N) is 1. The van der Waals surface area contributed by atoms with Gasteiger partial charge in [0.1, 0.15) is 5.69 Å². The van der Waals surface area contributed by atoms with E-state index in [9.17, 15) is 9.90 Å². The molecule has 0 radical (unpaired) electrons. The van der Waals surface area contributed by atoms with Gasteiger partial charge in [0.25, 0.3) is 5.91 Å². The van der Waals surface area contributed by atoms with E-state index in [1.54, 1.807) is 10.9 Å². The first-order chi connectivity index (χ1) is 7.25. The molecule has 1 fully saturated rings. The molecule has 0 aliphatic heterocycles. The fourth-order valence-electron chi connectivity index (χ4n) is 1.89. The lowest BCUT2D eigenvalue weighted by atomic mass is 10.1. The third-order valence-electron chi connectivity index (χ3n) is 2.73. The maximum atomic E-state index is 11.5. The third kappa shape index (κ3) is 2.76. The molecule has 82 valence electrons. The Bertz CT molecular complexity index is 326. The Labute approximate surface area is 92.3 Å². The minimum Gasteiger partial charge on any atom is -0.393 e. The molecule has 1 aromatic rings. The van der Waals surface area contributed by atoms with Crippen molar-refractivity contribution in [2.24, 2.45) is 5.92 Å². The van der Waals surface area contributed by atoms with Crippen molar-refractivity contribution < 1.29 is 9.90 Å². The van der Waals surface area contributed by atoms with Crippen LogP contribution in [-0.2, 0) is 0 Å². The highest BCUT2D eigenvalue weighted by molar-refractivity contribution is 7.07. The number of amides is 1. The van der Waals surface area contributed by atoms with Crippen LogP contribution in [0.4, 0.5) is 0 Å². The molecule has 0 saturated heterocycles. The second-order valence-electron chi connectivity index (χ2n) is 3.92. The maximum absolute atomic E-state index is 11.5. The fraction of sp³-hybridized carbons (Fsp3) is 0.600. The molecule has 15 heavy (non-hydrogen) atoms. The van der Waals surface area contributed by atoms with Crippen molar-refractivity contribution in [2.45, 2.75) is 25.4 Å². The molecule has 2 N–H and O–H groups in total. The summed E-state index contributed by atoms with van der Waals surface area (Å²) in [4.78, 5) is 15.4. The van der Waals surface area contributed by atoms with Crippen LogP contribution in [-0.4, -0.2) is 28.6 Å². The summed E-state index contributed by atoms with van der Waals surface area (Å²) in [5.41, 5.74) is 2.13. The SMILES string of the molecule is O=C(NCC1CCC(O)C1)c1cscn1. The van der Waals surface area contributed by atoms with Crippen molar-refractivity contribution in [3.8, 4) is 0 Å². The molecule has 4 nitrogen and oxygen atoms in total. The highest BCUT2D eigenvalue weighted by Crippen LogP contribution is 2.24. The van der Waals surface area contributed by atoms with Gasteiger partial charge in [-0.1, -0.05) is 0 Å². The number of aliphatic hydroxyl groups excluding tert-OH is 1. The van der Waals surface area contributed by atoms with Gasteiger partial charge in [-0.3, -0.25) is 4.79 Å². The van der Waals surface area contributed by atoms with Crippen molar-refractivity contribution in [2.75, 3.05) is 6.54 Å². The predicted molar refractivity (Wildman–Crippen MR) is 57.8 cm³/mol. The van der Waals surface area contributed by atoms with Crippen LogP contribution in [0.1, 0.15) is 29.8 Å². The summed E-state index contributed by atoms with van der Waals surface area (Å²) in [7, 11) is 0. The van der Waals surface area contributed by atoms with Gasteiger partial charge in [-0.15, -0.1) is 11.3 Å². The quantitative estimate of drug-likeness (QED) is 0.809. The Morgan fingerprint density at radius 2 is 2.53 bits per heavy atom. The van der Waals surface area contributed by atoms with E-state index in [4.69, 9.17) is 0 Å². The van der Waals surface area contributed by atoms with E-state index in [0.717, 1.165) is 19.3 Å². The van der Waals surface area contributed by atoms with E-state index in [-0.39, 0.29) is 12.0 Å². The normalized spacial score (nSPS) is 25.4. The molecule has 0 aromatic carbocycles. The van der Waals surface area contributed by atoms with Crippen molar-refractivity contribution in [3.63, 3.8) is 0 Å². The van der Waals surface area contributed by atoms with Crippen molar-refractivity contribution >= 4 is 17.2 Å². The summed E-state index contributed by atoms with van der Waals surface area (Å²) < 4.78 is 0. The number of thiazole rings is 1. The highest BCUT2D eigenvalue weighted by atomic mass is 32.1. The van der Waals surface area contributed by atoms with Gasteiger partial charge in [-0.25, -0.2) is 4.98 Å². The zero-order chi connectivity index (χ0) is 10.7. The zero-order valence-electron chi connectivity index (χ0n) is 8.35. The lowest BCUT2D eigenvalue weighted by Gasteiger charge is -2.09. The number of aliphatic hydroxyl groups is 1. The molecule has 0 spiro atoms. The fourth-order valence-corrected chi connectivity index (χ4v) is 2.42. The molecule has 1 aromatic heterocycles. The monoisotopic (exact) mass is 226 g/mol. The smallest absolute Gasteiger partial charge is 0.270 e. The van der Waals surface area contributed by atoms with Crippen LogP contribution in [0.15, 0.2) is 10.9 Å². The van der Waals surface area contributed by atoms with Crippen LogP contribution in [0.3, 0.4) is 0 Å². The van der Waals surface area contributed by atoms with Crippen LogP contribution < -0.4 is 5.32 Å². The first-order valence-electron chi connectivity index (χ1n) is 5.10. The number of hydrogen-bond acceptors (Lipinski definition) is 4. The molecule has 0 bridgehead atoms. The van der Waals surface area contributed by atoms with Gasteiger partial charge in [0.2, 0.25) is 0 Å². The standard InChI is InChI=1S/C10H14N2O2S/c13-8-2-1-7(3-8)4-11-10(14)9-5-15-6-12-9/h5-8,13H,1-4H2,(H,11,14). The van der Waals surface area contributed by atoms with Gasteiger partial charge in [0, 0.05) is 11.9 Å². The lowest BCUT2D eigenvalue weighted by Crippen LogP contribution is -2.28. The van der Waals surface area contributed by atoms with Gasteiger partial charge in [-0.05, 0) is 25.2 Å². The van der Waals surface area contributed by atoms with E-state index in [1.165, 1.54) is 11.3 Å². The number of carbonyl (C=O) groups is 1. The maximum Gasteiger partial charge on any atom is 0.270 e. The molecule has 1 aliphatic rings. The Morgan fingerprint density at radius 1 is 1.67 bits per heavy atom. The molecule has 1 aliphatic carbocycles. The van der Waals surface area contributed by atoms with Crippen molar-refractivity contribution in [1.82, 2.24) is 10.3 Å². The molecule has 5 heteroatoms. The van der Waals surface area contributed by atoms with Crippen LogP contribution >= 0.6 is 11.3 Å². The summed E-state index contributed by atoms with van der Waals surface area (Å²) in [5, 5.41) is 13.9. The van der Waals surface area contributed by atoms with Crippen molar-refractivity contribution in [3.05, 3.63) is 16.6 Å². The summed E-state index contributed by atoms with van der Waals surface area (Å²) in [6.45, 7) is 0.646. The van der Waals surface area contributed by atoms with Gasteiger partial charge >= 0.3 is 0 Å². The van der Waals surface area contributed by atoms with Crippen LogP contribution in [0, 0.1) is 5.92 Å². The van der Waals surface area contributed by atoms with E-state index in [2.05, 4.69) is 10.3 Å². The largest absolute Gasteiger partial charge is 0.393 e. The Kier molecular flexibility index (Phi) is 3.33. The van der Waals surface area contributed by atoms with E-state index >= 15 is 0 Å². The Morgan fingerprint density at radius 3 is 3.13 bits per heavy atom. The number of carbonyl (C=O) groups excluding carboxylic acids is 1. The molecular weight excluding hydrogens is 212 g/mol. The number of nitrogens with zero attached hydrogens (tertiary/aromatic N) is 1. The number of hydrogen-bond donors (Lipinski definition) is 2. The topological polar surface area (TPSA) is 62.2 Å². The highest BCUT2D eigenvalue weighted by Gasteiger charge is 2.23. The Balaban J connectivity index is 1.76. The molecule has 1 saturated carbocycles. The molecule has 1 heterocycles. The summed E-state index contributed by atoms with van der Waals surface area (Å²) in [5.74, 6) is 0.306. The zero-order valence-corrected chi connectivity index (χ0v) is 9.17. The molecular formula is C10H14N2O2S. The molecule has 2 atom stereocenters. The summed E-state index contributed by atoms with van der Waals surface area (Å²) >= 11 is 1.41. The van der Waals surface area contributed by atoms with Crippen LogP contribution in [0.2, 0.25) is 0 Å². The van der Waals surface area contributed by atoms with Crippen molar-refractivity contribution in [1.29, 1.82) is 0 Å². The minimum absolute atomic E-state index is 0.113. The second-order valence-corrected chi connectivity index (χ2v) is 4.64.